The normalized spacial score (nSPS) is 10.4. The number of nitrogens with zero attached hydrogens (tertiary/aromatic N) is 2. The van der Waals surface area contributed by atoms with Gasteiger partial charge in [-0.2, -0.15) is 0 Å². The van der Waals surface area contributed by atoms with Crippen LogP contribution in [0.25, 0.3) is 0 Å². The van der Waals surface area contributed by atoms with Crippen molar-refractivity contribution in [3.63, 3.8) is 0 Å². The predicted molar refractivity (Wildman–Crippen MR) is 111 cm³/mol. The van der Waals surface area contributed by atoms with Crippen molar-refractivity contribution in [2.24, 2.45) is 0 Å². The van der Waals surface area contributed by atoms with E-state index < -0.39 is 0 Å². The number of anilines is 1. The van der Waals surface area contributed by atoms with Gasteiger partial charge in [-0.1, -0.05) is 41.9 Å². The third-order valence-corrected chi connectivity index (χ3v) is 4.49. The molecule has 142 valence electrons. The minimum Gasteiger partial charge on any atom is -0.348 e. The first-order valence-electron chi connectivity index (χ1n) is 8.93. The topological polar surface area (TPSA) is 62.3 Å². The molecule has 0 aliphatic rings. The highest BCUT2D eigenvalue weighted by molar-refractivity contribution is 6.30. The van der Waals surface area contributed by atoms with Gasteiger partial charge in [-0.05, 0) is 42.8 Å². The van der Waals surface area contributed by atoms with E-state index in [9.17, 15) is 9.59 Å². The fourth-order valence-corrected chi connectivity index (χ4v) is 2.90. The Morgan fingerprint density at radius 1 is 1.00 bits per heavy atom. The molecule has 2 aromatic carbocycles. The van der Waals surface area contributed by atoms with Crippen LogP contribution in [0.1, 0.15) is 33.2 Å². The summed E-state index contributed by atoms with van der Waals surface area (Å²) in [5, 5.41) is 3.47. The lowest BCUT2D eigenvalue weighted by Crippen LogP contribution is -2.31. The highest BCUT2D eigenvalue weighted by Crippen LogP contribution is 2.17. The smallest absolute Gasteiger partial charge is 0.259 e. The summed E-state index contributed by atoms with van der Waals surface area (Å²) in [4.78, 5) is 31.1. The van der Waals surface area contributed by atoms with Crippen LogP contribution < -0.4 is 10.2 Å². The molecule has 0 atom stereocenters. The maximum atomic E-state index is 12.9. The molecule has 0 radical (unpaired) electrons. The van der Waals surface area contributed by atoms with Gasteiger partial charge in [0.15, 0.2) is 0 Å². The minimum atomic E-state index is -0.292. The number of amides is 2. The predicted octanol–water partition coefficient (Wildman–Crippen LogP) is 4.33. The van der Waals surface area contributed by atoms with Crippen molar-refractivity contribution >= 4 is 29.1 Å². The van der Waals surface area contributed by atoms with Gasteiger partial charge in [-0.15, -0.1) is 0 Å². The van der Waals surface area contributed by atoms with Crippen molar-refractivity contribution in [3.8, 4) is 0 Å². The zero-order valence-electron chi connectivity index (χ0n) is 15.4. The quantitative estimate of drug-likeness (QED) is 0.677. The van der Waals surface area contributed by atoms with E-state index in [0.29, 0.717) is 29.2 Å². The lowest BCUT2D eigenvalue weighted by atomic mass is 10.1. The summed E-state index contributed by atoms with van der Waals surface area (Å²) in [7, 11) is 0. The van der Waals surface area contributed by atoms with Crippen molar-refractivity contribution in [2.75, 3.05) is 11.4 Å². The first-order valence-corrected chi connectivity index (χ1v) is 9.31. The Hall–Kier alpha value is -3.18. The Balaban J connectivity index is 1.72. The number of carbonyl (C=O) groups excluding carboxylic acids is 2. The van der Waals surface area contributed by atoms with E-state index in [1.165, 1.54) is 12.4 Å². The number of halogens is 1. The zero-order chi connectivity index (χ0) is 19.9. The number of carbonyl (C=O) groups is 2. The molecule has 3 rings (SSSR count). The van der Waals surface area contributed by atoms with Crippen LogP contribution in [-0.4, -0.2) is 23.3 Å². The summed E-state index contributed by atoms with van der Waals surface area (Å²) in [6.07, 6.45) is 2.93. The van der Waals surface area contributed by atoms with Crippen LogP contribution in [0.5, 0.6) is 0 Å². The molecular formula is C22H20ClN3O2. The Bertz CT molecular complexity index is 959. The van der Waals surface area contributed by atoms with E-state index in [0.717, 1.165) is 11.3 Å². The molecule has 1 aromatic heterocycles. The molecule has 0 fully saturated rings. The van der Waals surface area contributed by atoms with E-state index in [1.54, 1.807) is 23.1 Å². The molecule has 0 saturated carbocycles. The maximum Gasteiger partial charge on any atom is 0.259 e. The van der Waals surface area contributed by atoms with Gasteiger partial charge in [0.25, 0.3) is 11.8 Å². The zero-order valence-corrected chi connectivity index (χ0v) is 16.2. The van der Waals surface area contributed by atoms with Gasteiger partial charge < -0.3 is 10.2 Å². The second kappa shape index (κ2) is 9.15. The molecule has 0 aliphatic heterocycles. The summed E-state index contributed by atoms with van der Waals surface area (Å²) < 4.78 is 0. The van der Waals surface area contributed by atoms with E-state index in [2.05, 4.69) is 10.3 Å². The number of benzene rings is 2. The third kappa shape index (κ3) is 4.75. The Labute approximate surface area is 169 Å². The number of hydrogen-bond donors (Lipinski definition) is 1. The standard InChI is InChI=1S/C22H20ClN3O2/c1-2-26(20-6-4-3-5-7-20)22(28)18-12-17(14-24-15-18)21(27)25-13-16-8-10-19(23)11-9-16/h3-12,14-15H,2,13H2,1H3,(H,25,27). The molecule has 6 heteroatoms. The van der Waals surface area contributed by atoms with Gasteiger partial charge in [0.2, 0.25) is 0 Å². The highest BCUT2D eigenvalue weighted by atomic mass is 35.5. The number of hydrogen-bond acceptors (Lipinski definition) is 3. The molecule has 3 aromatic rings. The number of pyridine rings is 1. The second-order valence-electron chi connectivity index (χ2n) is 6.16. The van der Waals surface area contributed by atoms with Crippen LogP contribution in [0.2, 0.25) is 5.02 Å². The van der Waals surface area contributed by atoms with Crippen LogP contribution >= 0.6 is 11.6 Å². The van der Waals surface area contributed by atoms with Crippen LogP contribution in [0.4, 0.5) is 5.69 Å². The summed E-state index contributed by atoms with van der Waals surface area (Å²) in [6.45, 7) is 2.77. The Morgan fingerprint density at radius 3 is 2.36 bits per heavy atom. The summed E-state index contributed by atoms with van der Waals surface area (Å²) in [6, 6.07) is 18.2. The molecule has 2 amide bonds. The van der Waals surface area contributed by atoms with Crippen LogP contribution in [0, 0.1) is 0 Å². The molecule has 0 spiro atoms. The Kier molecular flexibility index (Phi) is 6.40. The molecular weight excluding hydrogens is 374 g/mol. The average molecular weight is 394 g/mol. The fraction of sp³-hybridized carbons (Fsp3) is 0.136. The third-order valence-electron chi connectivity index (χ3n) is 4.24. The van der Waals surface area contributed by atoms with Crippen LogP contribution in [0.3, 0.4) is 0 Å². The Morgan fingerprint density at radius 2 is 1.68 bits per heavy atom. The van der Waals surface area contributed by atoms with Gasteiger partial charge in [0.1, 0.15) is 0 Å². The number of para-hydroxylation sites is 1. The maximum absolute atomic E-state index is 12.9. The van der Waals surface area contributed by atoms with Crippen molar-refractivity contribution in [3.05, 3.63) is 94.8 Å². The minimum absolute atomic E-state index is 0.200. The number of aromatic nitrogens is 1. The van der Waals surface area contributed by atoms with Gasteiger partial charge in [-0.3, -0.25) is 14.6 Å². The van der Waals surface area contributed by atoms with Crippen molar-refractivity contribution < 1.29 is 9.59 Å². The lowest BCUT2D eigenvalue weighted by Gasteiger charge is -2.21. The lowest BCUT2D eigenvalue weighted by molar-refractivity contribution is 0.0950. The van der Waals surface area contributed by atoms with Gasteiger partial charge >= 0.3 is 0 Å². The van der Waals surface area contributed by atoms with E-state index in [1.807, 2.05) is 49.4 Å². The molecule has 0 saturated heterocycles. The number of nitrogens with one attached hydrogen (secondary N) is 1. The van der Waals surface area contributed by atoms with Gasteiger partial charge in [0, 0.05) is 36.2 Å². The van der Waals surface area contributed by atoms with Crippen LogP contribution in [0.15, 0.2) is 73.1 Å². The molecule has 5 nitrogen and oxygen atoms in total. The SMILES string of the molecule is CCN(C(=O)c1cncc(C(=O)NCc2ccc(Cl)cc2)c1)c1ccccc1. The molecule has 28 heavy (non-hydrogen) atoms. The van der Waals surface area contributed by atoms with E-state index in [-0.39, 0.29) is 11.8 Å². The largest absolute Gasteiger partial charge is 0.348 e. The molecule has 0 bridgehead atoms. The summed E-state index contributed by atoms with van der Waals surface area (Å²) in [5.41, 5.74) is 2.43. The molecule has 1 heterocycles. The summed E-state index contributed by atoms with van der Waals surface area (Å²) >= 11 is 5.87. The fourth-order valence-electron chi connectivity index (χ4n) is 2.77. The first kappa shape index (κ1) is 19.6. The molecule has 0 unspecified atom stereocenters. The molecule has 0 aliphatic carbocycles. The summed E-state index contributed by atoms with van der Waals surface area (Å²) in [5.74, 6) is -0.492. The van der Waals surface area contributed by atoms with E-state index in [4.69, 9.17) is 11.6 Å². The van der Waals surface area contributed by atoms with Crippen molar-refractivity contribution in [2.45, 2.75) is 13.5 Å². The van der Waals surface area contributed by atoms with Crippen molar-refractivity contribution in [1.29, 1.82) is 0 Å². The second-order valence-corrected chi connectivity index (χ2v) is 6.59. The van der Waals surface area contributed by atoms with Gasteiger partial charge in [0.05, 0.1) is 11.1 Å². The highest BCUT2D eigenvalue weighted by Gasteiger charge is 2.18. The van der Waals surface area contributed by atoms with Gasteiger partial charge in [-0.25, -0.2) is 0 Å². The number of rotatable bonds is 6. The van der Waals surface area contributed by atoms with Crippen molar-refractivity contribution in [1.82, 2.24) is 10.3 Å². The first-order chi connectivity index (χ1) is 13.6. The monoisotopic (exact) mass is 393 g/mol. The van der Waals surface area contributed by atoms with E-state index >= 15 is 0 Å². The molecule has 1 N–H and O–H groups in total. The average Bonchev–Trinajstić information content (AvgIpc) is 2.74. The van der Waals surface area contributed by atoms with Crippen LogP contribution in [-0.2, 0) is 6.54 Å².